The molecule has 0 aromatic carbocycles. The summed E-state index contributed by atoms with van der Waals surface area (Å²) < 4.78 is 0. The monoisotopic (exact) mass is 340 g/mol. The minimum atomic E-state index is 0.0469. The zero-order chi connectivity index (χ0) is 17.6. The Morgan fingerprint density at radius 2 is 2.04 bits per heavy atom. The van der Waals surface area contributed by atoms with E-state index in [0.717, 1.165) is 50.3 Å². The van der Waals surface area contributed by atoms with Gasteiger partial charge in [-0.05, 0) is 37.7 Å². The molecule has 1 amide bonds. The molecule has 1 saturated heterocycles. The second-order valence-electron chi connectivity index (χ2n) is 6.68. The molecule has 0 radical (unpaired) electrons. The molecule has 0 saturated carbocycles. The molecule has 0 unspecified atom stereocenters. The molecule has 1 fully saturated rings. The van der Waals surface area contributed by atoms with E-state index in [9.17, 15) is 4.79 Å². The molecule has 7 heteroatoms. The van der Waals surface area contributed by atoms with E-state index in [2.05, 4.69) is 20.2 Å². The van der Waals surface area contributed by atoms with E-state index >= 15 is 0 Å². The fourth-order valence-corrected chi connectivity index (χ4v) is 3.15. The van der Waals surface area contributed by atoms with Crippen molar-refractivity contribution in [3.63, 3.8) is 0 Å². The van der Waals surface area contributed by atoms with Gasteiger partial charge in [0.2, 0.25) is 0 Å². The molecule has 3 rings (SSSR count). The van der Waals surface area contributed by atoms with Gasteiger partial charge < -0.3 is 9.80 Å². The molecular formula is C18H24N6O. The standard InChI is InChI=1S/C18H24N6O/c1-23(2)17-13-19-16(12-20-17)10-14-4-3-8-24(9-6-14)18(25)15-5-7-21-22-11-15/h5,7,11-14H,3-4,6,8-10H2,1-2H3/t14-/m0/s1. The van der Waals surface area contributed by atoms with Crippen molar-refractivity contribution in [1.29, 1.82) is 0 Å². The maximum Gasteiger partial charge on any atom is 0.255 e. The number of hydrogen-bond donors (Lipinski definition) is 0. The Kier molecular flexibility index (Phi) is 5.53. The van der Waals surface area contributed by atoms with Crippen LogP contribution in [0.5, 0.6) is 0 Å². The van der Waals surface area contributed by atoms with Crippen LogP contribution in [0.1, 0.15) is 35.3 Å². The van der Waals surface area contributed by atoms with E-state index in [1.807, 2.05) is 36.3 Å². The van der Waals surface area contributed by atoms with Crippen LogP contribution >= 0.6 is 0 Å². The largest absolute Gasteiger partial charge is 0.361 e. The molecule has 1 aliphatic heterocycles. The third kappa shape index (κ3) is 4.49. The highest BCUT2D eigenvalue weighted by atomic mass is 16.2. The third-order valence-electron chi connectivity index (χ3n) is 4.61. The molecule has 1 atom stereocenters. The summed E-state index contributed by atoms with van der Waals surface area (Å²) in [4.78, 5) is 25.4. The van der Waals surface area contributed by atoms with Crippen LogP contribution in [0.25, 0.3) is 0 Å². The van der Waals surface area contributed by atoms with Crippen LogP contribution in [-0.4, -0.2) is 58.2 Å². The van der Waals surface area contributed by atoms with Crippen molar-refractivity contribution in [2.24, 2.45) is 5.92 Å². The van der Waals surface area contributed by atoms with Crippen LogP contribution in [0.4, 0.5) is 5.82 Å². The molecule has 1 aliphatic rings. The lowest BCUT2D eigenvalue weighted by atomic mass is 9.95. The van der Waals surface area contributed by atoms with E-state index in [0.29, 0.717) is 11.5 Å². The molecule has 0 bridgehead atoms. The number of rotatable bonds is 4. The van der Waals surface area contributed by atoms with Gasteiger partial charge in [0.15, 0.2) is 0 Å². The molecule has 0 aliphatic carbocycles. The van der Waals surface area contributed by atoms with Crippen LogP contribution in [0.2, 0.25) is 0 Å². The molecule has 0 N–H and O–H groups in total. The molecule has 0 spiro atoms. The number of carbonyl (C=O) groups is 1. The van der Waals surface area contributed by atoms with Crippen molar-refractivity contribution in [3.8, 4) is 0 Å². The molecule has 2 aromatic rings. The second kappa shape index (κ2) is 8.00. The Morgan fingerprint density at radius 1 is 1.16 bits per heavy atom. The average Bonchev–Trinajstić information content (AvgIpc) is 2.88. The Bertz CT molecular complexity index is 688. The van der Waals surface area contributed by atoms with Gasteiger partial charge in [-0.1, -0.05) is 0 Å². The van der Waals surface area contributed by atoms with E-state index in [4.69, 9.17) is 0 Å². The van der Waals surface area contributed by atoms with Gasteiger partial charge in [0.05, 0.1) is 36.0 Å². The maximum absolute atomic E-state index is 12.5. The fourth-order valence-electron chi connectivity index (χ4n) is 3.15. The normalized spacial score (nSPS) is 17.8. The van der Waals surface area contributed by atoms with Crippen LogP contribution < -0.4 is 4.90 Å². The molecule has 7 nitrogen and oxygen atoms in total. The Labute approximate surface area is 148 Å². The molecule has 132 valence electrons. The zero-order valence-corrected chi connectivity index (χ0v) is 14.8. The van der Waals surface area contributed by atoms with Crippen molar-refractivity contribution < 1.29 is 4.79 Å². The van der Waals surface area contributed by atoms with E-state index < -0.39 is 0 Å². The van der Waals surface area contributed by atoms with Crippen molar-refractivity contribution in [1.82, 2.24) is 25.1 Å². The van der Waals surface area contributed by atoms with Crippen LogP contribution in [0, 0.1) is 5.92 Å². The topological polar surface area (TPSA) is 75.1 Å². The lowest BCUT2D eigenvalue weighted by Crippen LogP contribution is -2.32. The van der Waals surface area contributed by atoms with E-state index in [-0.39, 0.29) is 5.91 Å². The van der Waals surface area contributed by atoms with Crippen molar-refractivity contribution in [2.75, 3.05) is 32.1 Å². The maximum atomic E-state index is 12.5. The summed E-state index contributed by atoms with van der Waals surface area (Å²) in [6, 6.07) is 1.72. The predicted molar refractivity (Wildman–Crippen MR) is 95.3 cm³/mol. The van der Waals surface area contributed by atoms with Crippen LogP contribution in [-0.2, 0) is 6.42 Å². The molecule has 2 aromatic heterocycles. The minimum Gasteiger partial charge on any atom is -0.361 e. The number of anilines is 1. The Balaban J connectivity index is 1.57. The number of likely N-dealkylation sites (tertiary alicyclic amines) is 1. The molecular weight excluding hydrogens is 316 g/mol. The Hall–Kier alpha value is -2.57. The Morgan fingerprint density at radius 3 is 2.72 bits per heavy atom. The first-order chi connectivity index (χ1) is 12.1. The van der Waals surface area contributed by atoms with Gasteiger partial charge in [0, 0.05) is 27.2 Å². The summed E-state index contributed by atoms with van der Waals surface area (Å²) in [5, 5.41) is 7.53. The SMILES string of the molecule is CN(C)c1cnc(C[C@H]2CCCN(C(=O)c3ccnnc3)CC2)cn1. The lowest BCUT2D eigenvalue weighted by molar-refractivity contribution is 0.0759. The van der Waals surface area contributed by atoms with E-state index in [1.165, 1.54) is 6.20 Å². The van der Waals surface area contributed by atoms with Crippen molar-refractivity contribution in [2.45, 2.75) is 25.7 Å². The lowest BCUT2D eigenvalue weighted by Gasteiger charge is -2.20. The van der Waals surface area contributed by atoms with E-state index in [1.54, 1.807) is 12.3 Å². The number of aromatic nitrogens is 4. The molecule has 3 heterocycles. The predicted octanol–water partition coefficient (Wildman–Crippen LogP) is 1.82. The summed E-state index contributed by atoms with van der Waals surface area (Å²) in [5.74, 6) is 1.45. The first-order valence-electron chi connectivity index (χ1n) is 8.67. The summed E-state index contributed by atoms with van der Waals surface area (Å²) in [6.45, 7) is 1.57. The minimum absolute atomic E-state index is 0.0469. The number of hydrogen-bond acceptors (Lipinski definition) is 6. The van der Waals surface area contributed by atoms with Crippen LogP contribution in [0.15, 0.2) is 30.9 Å². The summed E-state index contributed by atoms with van der Waals surface area (Å²) in [6.07, 6.45) is 10.8. The van der Waals surface area contributed by atoms with Gasteiger partial charge in [-0.25, -0.2) is 4.98 Å². The summed E-state index contributed by atoms with van der Waals surface area (Å²) in [5.41, 5.74) is 1.63. The van der Waals surface area contributed by atoms with Gasteiger partial charge in [0.1, 0.15) is 5.82 Å². The van der Waals surface area contributed by atoms with Gasteiger partial charge in [-0.2, -0.15) is 10.2 Å². The summed E-state index contributed by atoms with van der Waals surface area (Å²) in [7, 11) is 3.91. The smallest absolute Gasteiger partial charge is 0.255 e. The van der Waals surface area contributed by atoms with Gasteiger partial charge in [-0.15, -0.1) is 0 Å². The summed E-state index contributed by atoms with van der Waals surface area (Å²) >= 11 is 0. The van der Waals surface area contributed by atoms with Gasteiger partial charge in [-0.3, -0.25) is 9.78 Å². The number of amides is 1. The third-order valence-corrected chi connectivity index (χ3v) is 4.61. The highest BCUT2D eigenvalue weighted by Crippen LogP contribution is 2.22. The van der Waals surface area contributed by atoms with Gasteiger partial charge >= 0.3 is 0 Å². The second-order valence-corrected chi connectivity index (χ2v) is 6.68. The van der Waals surface area contributed by atoms with Crippen molar-refractivity contribution >= 4 is 11.7 Å². The average molecular weight is 340 g/mol. The van der Waals surface area contributed by atoms with Crippen LogP contribution in [0.3, 0.4) is 0 Å². The van der Waals surface area contributed by atoms with Crippen molar-refractivity contribution in [3.05, 3.63) is 42.1 Å². The quantitative estimate of drug-likeness (QED) is 0.845. The highest BCUT2D eigenvalue weighted by molar-refractivity contribution is 5.93. The highest BCUT2D eigenvalue weighted by Gasteiger charge is 2.22. The van der Waals surface area contributed by atoms with Gasteiger partial charge in [0.25, 0.3) is 5.91 Å². The number of nitrogens with zero attached hydrogens (tertiary/aromatic N) is 6. The zero-order valence-electron chi connectivity index (χ0n) is 14.8. The first-order valence-corrected chi connectivity index (χ1v) is 8.67. The number of carbonyl (C=O) groups excluding carboxylic acids is 1. The fraction of sp³-hybridized carbons (Fsp3) is 0.500. The first kappa shape index (κ1) is 17.3. The molecule has 25 heavy (non-hydrogen) atoms.